The summed E-state index contributed by atoms with van der Waals surface area (Å²) in [5.74, 6) is 0. The molecule has 0 fully saturated rings. The van der Waals surface area contributed by atoms with Crippen molar-refractivity contribution < 1.29 is 0 Å². The Morgan fingerprint density at radius 2 is 1.76 bits per heavy atom. The van der Waals surface area contributed by atoms with Gasteiger partial charge in [0.25, 0.3) is 0 Å². The van der Waals surface area contributed by atoms with Crippen LogP contribution in [-0.4, -0.2) is 9.97 Å². The quantitative estimate of drug-likeness (QED) is 0.585. The molecule has 0 saturated heterocycles. The van der Waals surface area contributed by atoms with Crippen molar-refractivity contribution >= 4 is 0 Å². The molecular weight excluding hydrogens is 208 g/mol. The number of hydrogen-bond acceptors (Lipinski definition) is 2. The normalized spacial score (nSPS) is 12.5. The molecule has 0 unspecified atom stereocenters. The van der Waals surface area contributed by atoms with Crippen molar-refractivity contribution in [3.63, 3.8) is 0 Å². The first kappa shape index (κ1) is 10.5. The third-order valence-electron chi connectivity index (χ3n) is 4.02. The van der Waals surface area contributed by atoms with Crippen LogP contribution in [0, 0.1) is 27.7 Å². The van der Waals surface area contributed by atoms with Crippen molar-refractivity contribution in [3.05, 3.63) is 46.0 Å². The summed E-state index contributed by atoms with van der Waals surface area (Å²) in [6.07, 6.45) is 2.63. The molecule has 2 aromatic rings. The number of nitrogens with zero attached hydrogens (tertiary/aromatic N) is 2. The number of aryl methyl sites for hydroxylation is 2. The number of benzene rings is 1. The second kappa shape index (κ2) is 3.39. The Morgan fingerprint density at radius 1 is 1.00 bits per heavy atom. The molecule has 0 spiro atoms. The van der Waals surface area contributed by atoms with Crippen molar-refractivity contribution in [1.29, 1.82) is 0 Å². The molecule has 0 atom stereocenters. The van der Waals surface area contributed by atoms with Gasteiger partial charge < -0.3 is 0 Å². The maximum atomic E-state index is 4.42. The Morgan fingerprint density at radius 3 is 2.53 bits per heavy atom. The van der Waals surface area contributed by atoms with E-state index < -0.39 is 0 Å². The molecule has 2 heteroatoms. The van der Waals surface area contributed by atoms with Gasteiger partial charge in [-0.3, -0.25) is 0 Å². The van der Waals surface area contributed by atoms with Crippen LogP contribution in [-0.2, 0) is 6.42 Å². The van der Waals surface area contributed by atoms with Crippen LogP contribution in [0.1, 0.15) is 33.6 Å². The van der Waals surface area contributed by atoms with E-state index in [9.17, 15) is 0 Å². The lowest BCUT2D eigenvalue weighted by atomic mass is 9.94. The fourth-order valence-electron chi connectivity index (χ4n) is 2.76. The van der Waals surface area contributed by atoms with Crippen molar-refractivity contribution in [2.45, 2.75) is 34.1 Å². The van der Waals surface area contributed by atoms with E-state index >= 15 is 0 Å². The summed E-state index contributed by atoms with van der Waals surface area (Å²) >= 11 is 0. The molecule has 0 radical (unpaired) electrons. The SMILES string of the molecule is Cc1cc2c(c(C)c1C)Cc1ncnc(C)c1-2. The van der Waals surface area contributed by atoms with E-state index in [1.165, 1.54) is 39.1 Å². The van der Waals surface area contributed by atoms with E-state index in [1.54, 1.807) is 6.33 Å². The first-order valence-electron chi connectivity index (χ1n) is 6.00. The summed E-state index contributed by atoms with van der Waals surface area (Å²) < 4.78 is 0. The smallest absolute Gasteiger partial charge is 0.115 e. The fourth-order valence-corrected chi connectivity index (χ4v) is 2.76. The zero-order valence-corrected chi connectivity index (χ0v) is 10.8. The first-order valence-corrected chi connectivity index (χ1v) is 6.00. The lowest BCUT2D eigenvalue weighted by Gasteiger charge is -2.11. The minimum absolute atomic E-state index is 0.959. The van der Waals surface area contributed by atoms with Crippen molar-refractivity contribution in [1.82, 2.24) is 9.97 Å². The van der Waals surface area contributed by atoms with Gasteiger partial charge in [-0.25, -0.2) is 9.97 Å². The Hall–Kier alpha value is -1.70. The van der Waals surface area contributed by atoms with Crippen LogP contribution in [0.25, 0.3) is 11.1 Å². The summed E-state index contributed by atoms with van der Waals surface area (Å²) in [5.41, 5.74) is 10.5. The van der Waals surface area contributed by atoms with Gasteiger partial charge in [0.1, 0.15) is 6.33 Å². The number of rotatable bonds is 0. The number of hydrogen-bond donors (Lipinski definition) is 0. The van der Waals surface area contributed by atoms with Crippen LogP contribution in [0.3, 0.4) is 0 Å². The molecule has 86 valence electrons. The zero-order valence-electron chi connectivity index (χ0n) is 10.8. The molecule has 0 bridgehead atoms. The minimum Gasteiger partial charge on any atom is -0.241 e. The van der Waals surface area contributed by atoms with E-state index in [1.807, 2.05) is 0 Å². The highest BCUT2D eigenvalue weighted by Gasteiger charge is 2.24. The van der Waals surface area contributed by atoms with Crippen LogP contribution >= 0.6 is 0 Å². The molecule has 0 N–H and O–H groups in total. The highest BCUT2D eigenvalue weighted by Crippen LogP contribution is 2.40. The molecule has 0 aliphatic heterocycles. The largest absolute Gasteiger partial charge is 0.241 e. The maximum Gasteiger partial charge on any atom is 0.115 e. The number of fused-ring (bicyclic) bond motifs is 3. The highest BCUT2D eigenvalue weighted by molar-refractivity contribution is 5.79. The van der Waals surface area contributed by atoms with Crippen LogP contribution in [0.15, 0.2) is 12.4 Å². The van der Waals surface area contributed by atoms with Crippen LogP contribution in [0.5, 0.6) is 0 Å². The van der Waals surface area contributed by atoms with Gasteiger partial charge >= 0.3 is 0 Å². The van der Waals surface area contributed by atoms with Gasteiger partial charge in [0.05, 0.1) is 5.69 Å². The lowest BCUT2D eigenvalue weighted by Crippen LogP contribution is -1.93. The minimum atomic E-state index is 0.959. The Labute approximate surface area is 102 Å². The summed E-state index contributed by atoms with van der Waals surface area (Å²) in [5, 5.41) is 0. The molecule has 1 aliphatic carbocycles. The predicted octanol–water partition coefficient (Wildman–Crippen LogP) is 3.28. The van der Waals surface area contributed by atoms with E-state index in [0.717, 1.165) is 12.1 Å². The summed E-state index contributed by atoms with van der Waals surface area (Å²) in [4.78, 5) is 8.74. The Kier molecular flexibility index (Phi) is 2.09. The summed E-state index contributed by atoms with van der Waals surface area (Å²) in [6, 6.07) is 2.29. The topological polar surface area (TPSA) is 25.8 Å². The van der Waals surface area contributed by atoms with Crippen LogP contribution in [0.4, 0.5) is 0 Å². The Balaban J connectivity index is 2.37. The van der Waals surface area contributed by atoms with Gasteiger partial charge in [-0.1, -0.05) is 6.07 Å². The zero-order chi connectivity index (χ0) is 12.2. The molecular formula is C15H16N2. The van der Waals surface area contributed by atoms with E-state index in [0.29, 0.717) is 0 Å². The summed E-state index contributed by atoms with van der Waals surface area (Å²) in [7, 11) is 0. The molecule has 3 rings (SSSR count). The highest BCUT2D eigenvalue weighted by atomic mass is 14.8. The molecule has 0 saturated carbocycles. The van der Waals surface area contributed by atoms with Gasteiger partial charge in [0.2, 0.25) is 0 Å². The van der Waals surface area contributed by atoms with Gasteiger partial charge in [-0.2, -0.15) is 0 Å². The van der Waals surface area contributed by atoms with Crippen molar-refractivity contribution in [2.75, 3.05) is 0 Å². The molecule has 1 aromatic carbocycles. The fraction of sp³-hybridized carbons (Fsp3) is 0.333. The van der Waals surface area contributed by atoms with Crippen molar-refractivity contribution in [3.8, 4) is 11.1 Å². The molecule has 1 heterocycles. The average molecular weight is 224 g/mol. The maximum absolute atomic E-state index is 4.42. The standard InChI is InChI=1S/C15H16N2/c1-8-5-13-12(10(3)9(8)2)6-14-15(13)11(4)16-7-17-14/h5,7H,6H2,1-4H3. The van der Waals surface area contributed by atoms with Gasteiger partial charge in [-0.05, 0) is 55.5 Å². The average Bonchev–Trinajstić information content (AvgIpc) is 2.66. The van der Waals surface area contributed by atoms with E-state index in [2.05, 4.69) is 43.7 Å². The lowest BCUT2D eigenvalue weighted by molar-refractivity contribution is 1.03. The molecule has 0 amide bonds. The third-order valence-corrected chi connectivity index (χ3v) is 4.02. The molecule has 17 heavy (non-hydrogen) atoms. The van der Waals surface area contributed by atoms with Gasteiger partial charge in [-0.15, -0.1) is 0 Å². The number of aromatic nitrogens is 2. The Bertz CT molecular complexity index is 627. The first-order chi connectivity index (χ1) is 8.09. The van der Waals surface area contributed by atoms with Gasteiger partial charge in [0, 0.05) is 17.7 Å². The third kappa shape index (κ3) is 1.33. The van der Waals surface area contributed by atoms with Gasteiger partial charge in [0.15, 0.2) is 0 Å². The monoisotopic (exact) mass is 224 g/mol. The summed E-state index contributed by atoms with van der Waals surface area (Å²) in [6.45, 7) is 8.67. The predicted molar refractivity (Wildman–Crippen MR) is 69.2 cm³/mol. The van der Waals surface area contributed by atoms with E-state index in [-0.39, 0.29) is 0 Å². The van der Waals surface area contributed by atoms with Crippen LogP contribution < -0.4 is 0 Å². The van der Waals surface area contributed by atoms with Crippen LogP contribution in [0.2, 0.25) is 0 Å². The molecule has 1 aromatic heterocycles. The van der Waals surface area contributed by atoms with Crippen molar-refractivity contribution in [2.24, 2.45) is 0 Å². The second-order valence-electron chi connectivity index (χ2n) is 4.93. The molecule has 1 aliphatic rings. The van der Waals surface area contributed by atoms with E-state index in [4.69, 9.17) is 0 Å². The second-order valence-corrected chi connectivity index (χ2v) is 4.93. The molecule has 2 nitrogen and oxygen atoms in total.